The molecule has 0 aliphatic rings. The number of pyridine rings is 1. The van der Waals surface area contributed by atoms with Gasteiger partial charge in [-0.1, -0.05) is 11.6 Å². The molecule has 3 nitrogen and oxygen atoms in total. The summed E-state index contributed by atoms with van der Waals surface area (Å²) in [5.41, 5.74) is 2.89. The van der Waals surface area contributed by atoms with E-state index in [9.17, 15) is 0 Å². The van der Waals surface area contributed by atoms with Crippen LogP contribution in [0.25, 0.3) is 22.4 Å². The molecule has 0 aliphatic carbocycles. The molecule has 5 heteroatoms. The van der Waals surface area contributed by atoms with Crippen molar-refractivity contribution in [1.82, 2.24) is 9.97 Å². The first-order valence-corrected chi connectivity index (χ1v) is 6.60. The van der Waals surface area contributed by atoms with E-state index >= 15 is 0 Å². The van der Waals surface area contributed by atoms with E-state index in [0.29, 0.717) is 5.02 Å². The first kappa shape index (κ1) is 11.7. The van der Waals surface area contributed by atoms with E-state index in [2.05, 4.69) is 25.9 Å². The second-order valence-corrected chi connectivity index (χ2v) is 5.51. The molecule has 1 aromatic carbocycles. The number of aromatic amines is 1. The fourth-order valence-corrected chi connectivity index (χ4v) is 2.66. The summed E-state index contributed by atoms with van der Waals surface area (Å²) in [5, 5.41) is 0.706. The number of hydrogen-bond donors (Lipinski definition) is 1. The van der Waals surface area contributed by atoms with E-state index in [1.165, 1.54) is 0 Å². The van der Waals surface area contributed by atoms with E-state index < -0.39 is 0 Å². The Morgan fingerprint density at radius 2 is 2.11 bits per heavy atom. The van der Waals surface area contributed by atoms with Gasteiger partial charge in [0.1, 0.15) is 12.9 Å². The normalized spacial score (nSPS) is 11.1. The van der Waals surface area contributed by atoms with Gasteiger partial charge in [0.05, 0.1) is 21.1 Å². The maximum absolute atomic E-state index is 5.97. The maximum atomic E-state index is 5.97. The van der Waals surface area contributed by atoms with Gasteiger partial charge in [-0.2, -0.15) is 0 Å². The summed E-state index contributed by atoms with van der Waals surface area (Å²) in [6, 6.07) is 7.66. The van der Waals surface area contributed by atoms with Crippen molar-refractivity contribution in [2.75, 3.05) is 0 Å². The zero-order valence-corrected chi connectivity index (χ0v) is 12.0. The Morgan fingerprint density at radius 3 is 2.89 bits per heavy atom. The minimum absolute atomic E-state index is 0.706. The number of halogens is 2. The van der Waals surface area contributed by atoms with Crippen LogP contribution in [0.1, 0.15) is 0 Å². The number of nitrogens with zero attached hydrogens (tertiary/aromatic N) is 2. The molecule has 2 aromatic heterocycles. The van der Waals surface area contributed by atoms with Crippen LogP contribution in [0.2, 0.25) is 5.02 Å². The molecule has 0 fully saturated rings. The topological polar surface area (TPSA) is 32.6 Å². The zero-order valence-electron chi connectivity index (χ0n) is 9.61. The fourth-order valence-electron chi connectivity index (χ4n) is 1.92. The van der Waals surface area contributed by atoms with E-state index in [-0.39, 0.29) is 0 Å². The lowest BCUT2D eigenvalue weighted by Crippen LogP contribution is -2.26. The van der Waals surface area contributed by atoms with Crippen LogP contribution in [-0.4, -0.2) is 9.97 Å². The number of aromatic nitrogens is 3. The van der Waals surface area contributed by atoms with Crippen molar-refractivity contribution in [2.24, 2.45) is 7.05 Å². The van der Waals surface area contributed by atoms with Crippen molar-refractivity contribution in [3.05, 3.63) is 46.2 Å². The molecule has 0 saturated carbocycles. The number of imidazole rings is 1. The number of aryl methyl sites for hydroxylation is 1. The van der Waals surface area contributed by atoms with Gasteiger partial charge in [-0.15, -0.1) is 0 Å². The van der Waals surface area contributed by atoms with Crippen LogP contribution in [0.4, 0.5) is 0 Å². The number of benzene rings is 1. The first-order valence-electron chi connectivity index (χ1n) is 5.43. The average Bonchev–Trinajstić information content (AvgIpc) is 2.70. The largest absolute Gasteiger partial charge is 0.338 e. The van der Waals surface area contributed by atoms with Crippen molar-refractivity contribution in [2.45, 2.75) is 0 Å². The van der Waals surface area contributed by atoms with Gasteiger partial charge in [0.15, 0.2) is 12.4 Å². The van der Waals surface area contributed by atoms with Crippen molar-refractivity contribution in [3.63, 3.8) is 0 Å². The highest BCUT2D eigenvalue weighted by molar-refractivity contribution is 9.10. The Bertz CT molecular complexity index is 716. The summed E-state index contributed by atoms with van der Waals surface area (Å²) in [6.45, 7) is 0. The summed E-state index contributed by atoms with van der Waals surface area (Å²) in [6.07, 6.45) is 4.01. The molecule has 0 amide bonds. The minimum Gasteiger partial charge on any atom is -0.338 e. The standard InChI is InChI=1S/C13H10BrClN3/c1-18-6-8(4-9(14)7-18)13-16-11-3-2-10(15)5-12(11)17-13/h2-7H,1H3,(H,16,17)/q+1. The first-order chi connectivity index (χ1) is 8.61. The molecule has 3 aromatic rings. The smallest absolute Gasteiger partial charge is 0.182 e. The van der Waals surface area contributed by atoms with Crippen LogP contribution in [0.15, 0.2) is 41.1 Å². The van der Waals surface area contributed by atoms with Gasteiger partial charge in [0.25, 0.3) is 0 Å². The van der Waals surface area contributed by atoms with Crippen LogP contribution in [0, 0.1) is 0 Å². The number of nitrogens with one attached hydrogen (secondary N) is 1. The molecule has 0 saturated heterocycles. The van der Waals surface area contributed by atoms with E-state index in [0.717, 1.165) is 26.9 Å². The van der Waals surface area contributed by atoms with Gasteiger partial charge in [0.2, 0.25) is 0 Å². The highest BCUT2D eigenvalue weighted by Crippen LogP contribution is 2.23. The summed E-state index contributed by atoms with van der Waals surface area (Å²) in [5.74, 6) is 0.837. The van der Waals surface area contributed by atoms with Crippen molar-refractivity contribution in [3.8, 4) is 11.4 Å². The Kier molecular flexibility index (Phi) is 2.84. The van der Waals surface area contributed by atoms with Crippen LogP contribution >= 0.6 is 27.5 Å². The van der Waals surface area contributed by atoms with Crippen molar-refractivity contribution in [1.29, 1.82) is 0 Å². The lowest BCUT2D eigenvalue weighted by Gasteiger charge is -1.95. The van der Waals surface area contributed by atoms with Crippen LogP contribution in [0.5, 0.6) is 0 Å². The zero-order chi connectivity index (χ0) is 12.7. The fraction of sp³-hybridized carbons (Fsp3) is 0.0769. The van der Waals surface area contributed by atoms with Gasteiger partial charge in [-0.05, 0) is 40.2 Å². The number of fused-ring (bicyclic) bond motifs is 1. The van der Waals surface area contributed by atoms with Gasteiger partial charge in [-0.25, -0.2) is 9.55 Å². The predicted molar refractivity (Wildman–Crippen MR) is 75.4 cm³/mol. The van der Waals surface area contributed by atoms with Crippen molar-refractivity contribution < 1.29 is 4.57 Å². The third-order valence-electron chi connectivity index (χ3n) is 2.68. The third kappa shape index (κ3) is 2.13. The second kappa shape index (κ2) is 4.37. The Balaban J connectivity index is 2.19. The van der Waals surface area contributed by atoms with Gasteiger partial charge < -0.3 is 4.98 Å². The second-order valence-electron chi connectivity index (χ2n) is 4.16. The van der Waals surface area contributed by atoms with E-state index in [1.807, 2.05) is 48.3 Å². The summed E-state index contributed by atoms with van der Waals surface area (Å²) in [7, 11) is 1.98. The molecule has 2 heterocycles. The molecule has 0 bridgehead atoms. The predicted octanol–water partition coefficient (Wildman–Crippen LogP) is 3.47. The lowest BCUT2D eigenvalue weighted by atomic mass is 10.3. The number of rotatable bonds is 1. The molecular weight excluding hydrogens is 314 g/mol. The molecule has 0 atom stereocenters. The molecule has 3 rings (SSSR count). The SMILES string of the molecule is C[n+]1cc(Br)cc(-c2nc3ccc(Cl)cc3[nH]2)c1. The van der Waals surface area contributed by atoms with E-state index in [1.54, 1.807) is 0 Å². The number of H-pyrrole nitrogens is 1. The monoisotopic (exact) mass is 322 g/mol. The summed E-state index contributed by atoms with van der Waals surface area (Å²) >= 11 is 9.45. The maximum Gasteiger partial charge on any atom is 0.182 e. The van der Waals surface area contributed by atoms with Crippen LogP contribution in [0.3, 0.4) is 0 Å². The molecule has 0 spiro atoms. The molecular formula is C13H10BrClN3+. The summed E-state index contributed by atoms with van der Waals surface area (Å²) in [4.78, 5) is 7.84. The molecule has 0 aliphatic heterocycles. The van der Waals surface area contributed by atoms with Crippen molar-refractivity contribution >= 4 is 38.6 Å². The Hall–Kier alpha value is -1.39. The van der Waals surface area contributed by atoms with Gasteiger partial charge in [-0.3, -0.25) is 0 Å². The van der Waals surface area contributed by atoms with Crippen LogP contribution < -0.4 is 4.57 Å². The molecule has 90 valence electrons. The highest BCUT2D eigenvalue weighted by Gasteiger charge is 2.10. The average molecular weight is 324 g/mol. The Labute approximate surface area is 118 Å². The van der Waals surface area contributed by atoms with E-state index in [4.69, 9.17) is 11.6 Å². The molecule has 0 radical (unpaired) electrons. The summed E-state index contributed by atoms with van der Waals surface area (Å²) < 4.78 is 3.00. The lowest BCUT2D eigenvalue weighted by molar-refractivity contribution is -0.671. The molecule has 1 N–H and O–H groups in total. The minimum atomic E-state index is 0.706. The van der Waals surface area contributed by atoms with Gasteiger partial charge in [0, 0.05) is 5.02 Å². The molecule has 0 unspecified atom stereocenters. The quantitative estimate of drug-likeness (QED) is 0.683. The van der Waals surface area contributed by atoms with Crippen LogP contribution in [-0.2, 0) is 7.05 Å². The van der Waals surface area contributed by atoms with Gasteiger partial charge >= 0.3 is 0 Å². The highest BCUT2D eigenvalue weighted by atomic mass is 79.9. The Morgan fingerprint density at radius 1 is 1.28 bits per heavy atom. The number of hydrogen-bond acceptors (Lipinski definition) is 1. The third-order valence-corrected chi connectivity index (χ3v) is 3.35. The molecule has 18 heavy (non-hydrogen) atoms.